The lowest BCUT2D eigenvalue weighted by molar-refractivity contribution is 0.0694. The Hall–Kier alpha value is -0.0400. The standard InChI is InChI=1S/C8H16O/c1-7(9-2)8-5-3-4-6-8/h7-8H,3-6H2,1-2H3/t7-/m0/s1. The van der Waals surface area contributed by atoms with Gasteiger partial charge in [-0.3, -0.25) is 0 Å². The second-order valence-electron chi connectivity index (χ2n) is 2.99. The molecule has 1 atom stereocenters. The maximum atomic E-state index is 5.23. The van der Waals surface area contributed by atoms with Crippen molar-refractivity contribution in [1.29, 1.82) is 0 Å². The molecule has 0 aromatic heterocycles. The van der Waals surface area contributed by atoms with E-state index in [1.807, 2.05) is 7.11 Å². The minimum Gasteiger partial charge on any atom is -0.381 e. The third-order valence-electron chi connectivity index (χ3n) is 2.44. The lowest BCUT2D eigenvalue weighted by atomic mass is 10.0. The molecule has 0 unspecified atom stereocenters. The molecule has 0 N–H and O–H groups in total. The number of hydrogen-bond acceptors (Lipinski definition) is 1. The molecule has 1 fully saturated rings. The van der Waals surface area contributed by atoms with Crippen molar-refractivity contribution in [2.75, 3.05) is 7.11 Å². The van der Waals surface area contributed by atoms with Crippen molar-refractivity contribution >= 4 is 0 Å². The van der Waals surface area contributed by atoms with Gasteiger partial charge in [-0.05, 0) is 25.7 Å². The molecular weight excluding hydrogens is 112 g/mol. The number of methoxy groups -OCH3 is 1. The molecule has 54 valence electrons. The van der Waals surface area contributed by atoms with E-state index >= 15 is 0 Å². The highest BCUT2D eigenvalue weighted by Gasteiger charge is 2.20. The molecule has 0 heterocycles. The monoisotopic (exact) mass is 128 g/mol. The summed E-state index contributed by atoms with van der Waals surface area (Å²) in [4.78, 5) is 0. The summed E-state index contributed by atoms with van der Waals surface area (Å²) in [5.41, 5.74) is 0. The quantitative estimate of drug-likeness (QED) is 0.554. The summed E-state index contributed by atoms with van der Waals surface area (Å²) in [5, 5.41) is 0. The van der Waals surface area contributed by atoms with Gasteiger partial charge in [0.15, 0.2) is 0 Å². The minimum atomic E-state index is 0.493. The van der Waals surface area contributed by atoms with E-state index in [1.54, 1.807) is 0 Å². The third-order valence-corrected chi connectivity index (χ3v) is 2.44. The van der Waals surface area contributed by atoms with Crippen LogP contribution in [0.15, 0.2) is 0 Å². The maximum Gasteiger partial charge on any atom is 0.0571 e. The highest BCUT2D eigenvalue weighted by atomic mass is 16.5. The van der Waals surface area contributed by atoms with E-state index in [-0.39, 0.29) is 0 Å². The zero-order chi connectivity index (χ0) is 6.69. The molecule has 9 heavy (non-hydrogen) atoms. The molecule has 1 aliphatic rings. The van der Waals surface area contributed by atoms with Crippen LogP contribution in [-0.4, -0.2) is 13.2 Å². The van der Waals surface area contributed by atoms with E-state index in [0.717, 1.165) is 5.92 Å². The minimum absolute atomic E-state index is 0.493. The molecule has 0 spiro atoms. The van der Waals surface area contributed by atoms with Crippen molar-refractivity contribution in [2.24, 2.45) is 5.92 Å². The van der Waals surface area contributed by atoms with E-state index in [0.29, 0.717) is 6.10 Å². The smallest absolute Gasteiger partial charge is 0.0571 e. The van der Waals surface area contributed by atoms with Crippen molar-refractivity contribution in [1.82, 2.24) is 0 Å². The summed E-state index contributed by atoms with van der Waals surface area (Å²) in [6.07, 6.45) is 6.09. The first-order valence-corrected chi connectivity index (χ1v) is 3.87. The second-order valence-corrected chi connectivity index (χ2v) is 2.99. The van der Waals surface area contributed by atoms with Crippen LogP contribution in [-0.2, 0) is 4.74 Å². The van der Waals surface area contributed by atoms with Crippen molar-refractivity contribution in [3.05, 3.63) is 0 Å². The van der Waals surface area contributed by atoms with Crippen LogP contribution in [0.5, 0.6) is 0 Å². The lowest BCUT2D eigenvalue weighted by Crippen LogP contribution is -2.15. The van der Waals surface area contributed by atoms with Gasteiger partial charge in [0, 0.05) is 7.11 Å². The summed E-state index contributed by atoms with van der Waals surface area (Å²) in [6.45, 7) is 2.18. The molecule has 1 aliphatic carbocycles. The Bertz CT molecular complexity index is 74.6. The maximum absolute atomic E-state index is 5.23. The van der Waals surface area contributed by atoms with Crippen molar-refractivity contribution in [3.8, 4) is 0 Å². The van der Waals surface area contributed by atoms with Gasteiger partial charge in [-0.15, -0.1) is 0 Å². The Morgan fingerprint density at radius 2 is 1.89 bits per heavy atom. The van der Waals surface area contributed by atoms with Gasteiger partial charge < -0.3 is 4.74 Å². The first kappa shape index (κ1) is 7.07. The Balaban J connectivity index is 2.24. The van der Waals surface area contributed by atoms with Crippen molar-refractivity contribution < 1.29 is 4.74 Å². The Morgan fingerprint density at radius 3 is 2.33 bits per heavy atom. The summed E-state index contributed by atoms with van der Waals surface area (Å²) in [6, 6.07) is 0. The van der Waals surface area contributed by atoms with Gasteiger partial charge in [0.05, 0.1) is 6.10 Å². The topological polar surface area (TPSA) is 9.23 Å². The normalized spacial score (nSPS) is 24.7. The van der Waals surface area contributed by atoms with Crippen LogP contribution < -0.4 is 0 Å². The summed E-state index contributed by atoms with van der Waals surface area (Å²) in [5.74, 6) is 0.856. The first-order valence-electron chi connectivity index (χ1n) is 3.87. The van der Waals surface area contributed by atoms with Crippen LogP contribution in [0, 0.1) is 5.92 Å². The predicted octanol–water partition coefficient (Wildman–Crippen LogP) is 2.21. The fourth-order valence-corrected chi connectivity index (χ4v) is 1.62. The van der Waals surface area contributed by atoms with Crippen LogP contribution in [0.1, 0.15) is 32.6 Å². The zero-order valence-electron chi connectivity index (χ0n) is 6.39. The Kier molecular flexibility index (Phi) is 2.52. The van der Waals surface area contributed by atoms with E-state index in [4.69, 9.17) is 4.74 Å². The van der Waals surface area contributed by atoms with Crippen molar-refractivity contribution in [3.63, 3.8) is 0 Å². The Morgan fingerprint density at radius 1 is 1.33 bits per heavy atom. The highest BCUT2D eigenvalue weighted by molar-refractivity contribution is 4.72. The largest absolute Gasteiger partial charge is 0.381 e. The summed E-state index contributed by atoms with van der Waals surface area (Å²) in [7, 11) is 1.81. The van der Waals surface area contributed by atoms with Crippen LogP contribution in [0.2, 0.25) is 0 Å². The molecule has 1 nitrogen and oxygen atoms in total. The molecule has 0 aromatic rings. The fraction of sp³-hybridized carbons (Fsp3) is 1.00. The molecule has 0 aromatic carbocycles. The Labute approximate surface area is 57.4 Å². The van der Waals surface area contributed by atoms with Gasteiger partial charge in [-0.2, -0.15) is 0 Å². The van der Waals surface area contributed by atoms with Gasteiger partial charge in [0.2, 0.25) is 0 Å². The average Bonchev–Trinajstić information content (AvgIpc) is 2.37. The number of hydrogen-bond donors (Lipinski definition) is 0. The van der Waals surface area contributed by atoms with Crippen LogP contribution >= 0.6 is 0 Å². The molecular formula is C8H16O. The van der Waals surface area contributed by atoms with Crippen LogP contribution in [0.25, 0.3) is 0 Å². The molecule has 0 amide bonds. The molecule has 1 saturated carbocycles. The summed E-state index contributed by atoms with van der Waals surface area (Å²) >= 11 is 0. The zero-order valence-corrected chi connectivity index (χ0v) is 6.39. The van der Waals surface area contributed by atoms with Crippen LogP contribution in [0.4, 0.5) is 0 Å². The lowest BCUT2D eigenvalue weighted by Gasteiger charge is -2.15. The van der Waals surface area contributed by atoms with E-state index in [9.17, 15) is 0 Å². The average molecular weight is 128 g/mol. The predicted molar refractivity (Wildman–Crippen MR) is 38.4 cm³/mol. The second kappa shape index (κ2) is 3.21. The van der Waals surface area contributed by atoms with Gasteiger partial charge in [-0.25, -0.2) is 0 Å². The number of ether oxygens (including phenoxy) is 1. The van der Waals surface area contributed by atoms with E-state index < -0.39 is 0 Å². The summed E-state index contributed by atoms with van der Waals surface area (Å²) < 4.78 is 5.23. The van der Waals surface area contributed by atoms with Gasteiger partial charge >= 0.3 is 0 Å². The molecule has 1 rings (SSSR count). The molecule has 0 aliphatic heterocycles. The molecule has 0 radical (unpaired) electrons. The highest BCUT2D eigenvalue weighted by Crippen LogP contribution is 2.28. The van der Waals surface area contributed by atoms with E-state index in [1.165, 1.54) is 25.7 Å². The fourth-order valence-electron chi connectivity index (χ4n) is 1.62. The van der Waals surface area contributed by atoms with E-state index in [2.05, 4.69) is 6.92 Å². The van der Waals surface area contributed by atoms with Gasteiger partial charge in [0.25, 0.3) is 0 Å². The third kappa shape index (κ3) is 1.68. The van der Waals surface area contributed by atoms with Gasteiger partial charge in [0.1, 0.15) is 0 Å². The molecule has 0 bridgehead atoms. The van der Waals surface area contributed by atoms with Crippen molar-refractivity contribution in [2.45, 2.75) is 38.7 Å². The SMILES string of the molecule is CO[C@@H](C)C1CCCC1. The first-order chi connectivity index (χ1) is 4.34. The molecule has 0 saturated heterocycles. The van der Waals surface area contributed by atoms with Gasteiger partial charge in [-0.1, -0.05) is 12.8 Å². The molecule has 1 heteroatoms. The van der Waals surface area contributed by atoms with Crippen LogP contribution in [0.3, 0.4) is 0 Å². The number of rotatable bonds is 2.